The number of benzene rings is 4. The number of ether oxygens (including phenoxy) is 2. The molecule has 4 nitrogen and oxygen atoms in total. The summed E-state index contributed by atoms with van der Waals surface area (Å²) in [6.45, 7) is 0.0758. The molecule has 0 atom stereocenters. The Kier molecular flexibility index (Phi) is 7.33. The smallest absolute Gasteiger partial charge is 0.338 e. The predicted octanol–water partition coefficient (Wildman–Crippen LogP) is 6.73. The highest BCUT2D eigenvalue weighted by atomic mass is 79.9. The molecule has 5 heteroatoms. The highest BCUT2D eigenvalue weighted by Crippen LogP contribution is 2.20. The van der Waals surface area contributed by atoms with Crippen molar-refractivity contribution in [1.82, 2.24) is 0 Å². The lowest BCUT2D eigenvalue weighted by atomic mass is 10.0. The van der Waals surface area contributed by atoms with Crippen LogP contribution in [0.25, 0.3) is 11.1 Å². The van der Waals surface area contributed by atoms with Crippen molar-refractivity contribution >= 4 is 27.7 Å². The molecule has 0 aromatic heterocycles. The molecule has 4 aromatic rings. The summed E-state index contributed by atoms with van der Waals surface area (Å²) in [5.74, 6) is -0.0240. The highest BCUT2D eigenvalue weighted by molar-refractivity contribution is 9.10. The van der Waals surface area contributed by atoms with E-state index in [9.17, 15) is 9.59 Å². The number of carbonyl (C=O) groups excluding carboxylic acids is 2. The maximum Gasteiger partial charge on any atom is 0.338 e. The fourth-order valence-electron chi connectivity index (χ4n) is 3.21. The second-order valence-corrected chi connectivity index (χ2v) is 8.30. The number of hydrogen-bond acceptors (Lipinski definition) is 4. The van der Waals surface area contributed by atoms with E-state index < -0.39 is 5.97 Å². The van der Waals surface area contributed by atoms with Gasteiger partial charge in [-0.15, -0.1) is 0 Å². The molecule has 0 spiro atoms. The molecule has 0 bridgehead atoms. The van der Waals surface area contributed by atoms with Crippen molar-refractivity contribution in [2.24, 2.45) is 0 Å². The van der Waals surface area contributed by atoms with Crippen molar-refractivity contribution in [3.63, 3.8) is 0 Å². The second-order valence-electron chi connectivity index (χ2n) is 7.38. The zero-order chi connectivity index (χ0) is 23.0. The maximum atomic E-state index is 12.4. The van der Waals surface area contributed by atoms with Gasteiger partial charge in [0, 0.05) is 10.0 Å². The van der Waals surface area contributed by atoms with E-state index >= 15 is 0 Å². The molecule has 0 aliphatic carbocycles. The minimum Gasteiger partial charge on any atom is -0.489 e. The summed E-state index contributed by atoms with van der Waals surface area (Å²) < 4.78 is 11.9. The molecular formula is C28H21BrO4. The molecule has 0 saturated carbocycles. The maximum absolute atomic E-state index is 12.4. The average molecular weight is 501 g/mol. The lowest BCUT2D eigenvalue weighted by Gasteiger charge is -2.08. The van der Waals surface area contributed by atoms with E-state index in [0.717, 1.165) is 26.9 Å². The van der Waals surface area contributed by atoms with Crippen LogP contribution in [-0.4, -0.2) is 18.4 Å². The van der Waals surface area contributed by atoms with Crippen LogP contribution < -0.4 is 4.74 Å². The summed E-state index contributed by atoms with van der Waals surface area (Å²) in [4.78, 5) is 24.8. The van der Waals surface area contributed by atoms with Gasteiger partial charge in [0.2, 0.25) is 0 Å². The van der Waals surface area contributed by atoms with E-state index in [-0.39, 0.29) is 12.4 Å². The van der Waals surface area contributed by atoms with E-state index in [1.165, 1.54) is 0 Å². The van der Waals surface area contributed by atoms with E-state index in [4.69, 9.17) is 9.47 Å². The van der Waals surface area contributed by atoms with Crippen molar-refractivity contribution in [2.75, 3.05) is 6.61 Å². The van der Waals surface area contributed by atoms with Gasteiger partial charge in [-0.3, -0.25) is 4.79 Å². The predicted molar refractivity (Wildman–Crippen MR) is 131 cm³/mol. The Bertz CT molecular complexity index is 1220. The first kappa shape index (κ1) is 22.5. The molecule has 4 rings (SSSR count). The second kappa shape index (κ2) is 10.7. The fraction of sp³-hybridized carbons (Fsp3) is 0.0714. The van der Waals surface area contributed by atoms with Crippen molar-refractivity contribution in [3.05, 3.63) is 124 Å². The van der Waals surface area contributed by atoms with Gasteiger partial charge < -0.3 is 9.47 Å². The summed E-state index contributed by atoms with van der Waals surface area (Å²) in [5, 5.41) is 0. The van der Waals surface area contributed by atoms with Gasteiger partial charge in [0.05, 0.1) is 5.56 Å². The van der Waals surface area contributed by atoms with Crippen LogP contribution in [0.15, 0.2) is 108 Å². The largest absolute Gasteiger partial charge is 0.489 e. The van der Waals surface area contributed by atoms with Crippen molar-refractivity contribution in [2.45, 2.75) is 6.61 Å². The molecule has 0 aliphatic heterocycles. The first-order chi connectivity index (χ1) is 16.1. The molecule has 4 aromatic carbocycles. The van der Waals surface area contributed by atoms with Crippen LogP contribution in [0.3, 0.4) is 0 Å². The van der Waals surface area contributed by atoms with E-state index in [0.29, 0.717) is 17.7 Å². The Morgan fingerprint density at radius 2 is 1.27 bits per heavy atom. The summed E-state index contributed by atoms with van der Waals surface area (Å²) in [6, 6.07) is 31.7. The normalized spacial score (nSPS) is 10.5. The SMILES string of the molecule is O=C(COC(=O)c1ccc(COc2ccc(Br)cc2)cc1)c1ccc(-c2ccccc2)cc1. The molecule has 0 saturated heterocycles. The van der Waals surface area contributed by atoms with Gasteiger partial charge in [-0.2, -0.15) is 0 Å². The summed E-state index contributed by atoms with van der Waals surface area (Å²) in [6.07, 6.45) is 0. The zero-order valence-electron chi connectivity index (χ0n) is 17.7. The van der Waals surface area contributed by atoms with Gasteiger partial charge in [-0.25, -0.2) is 4.79 Å². The molecule has 0 N–H and O–H groups in total. The highest BCUT2D eigenvalue weighted by Gasteiger charge is 2.12. The Hall–Kier alpha value is -3.70. The van der Waals surface area contributed by atoms with Gasteiger partial charge in [0.25, 0.3) is 0 Å². The van der Waals surface area contributed by atoms with Gasteiger partial charge >= 0.3 is 5.97 Å². The number of esters is 1. The van der Waals surface area contributed by atoms with Crippen molar-refractivity contribution in [1.29, 1.82) is 0 Å². The molecular weight excluding hydrogens is 480 g/mol. The minimum atomic E-state index is -0.537. The van der Waals surface area contributed by atoms with E-state index in [1.807, 2.05) is 66.7 Å². The third-order valence-corrected chi connectivity index (χ3v) is 5.59. The van der Waals surface area contributed by atoms with Gasteiger partial charge in [-0.1, -0.05) is 82.7 Å². The number of halogens is 1. The van der Waals surface area contributed by atoms with Crippen LogP contribution in [-0.2, 0) is 11.3 Å². The topological polar surface area (TPSA) is 52.6 Å². The van der Waals surface area contributed by atoms with Gasteiger partial charge in [-0.05, 0) is 53.1 Å². The quantitative estimate of drug-likeness (QED) is 0.198. The molecule has 0 unspecified atom stereocenters. The summed E-state index contributed by atoms with van der Waals surface area (Å²) in [5.41, 5.74) is 3.91. The molecule has 0 fully saturated rings. The first-order valence-corrected chi connectivity index (χ1v) is 11.2. The third kappa shape index (κ3) is 6.18. The zero-order valence-corrected chi connectivity index (χ0v) is 19.3. The van der Waals surface area contributed by atoms with Crippen LogP contribution >= 0.6 is 15.9 Å². The molecule has 0 aliphatic rings. The molecule has 33 heavy (non-hydrogen) atoms. The van der Waals surface area contributed by atoms with Crippen molar-refractivity contribution in [3.8, 4) is 16.9 Å². The number of rotatable bonds is 8. The number of Topliss-reactive ketones (excluding diaryl/α,β-unsaturated/α-hetero) is 1. The van der Waals surface area contributed by atoms with Crippen LogP contribution in [0, 0.1) is 0 Å². The van der Waals surface area contributed by atoms with E-state index in [2.05, 4.69) is 15.9 Å². The van der Waals surface area contributed by atoms with Crippen molar-refractivity contribution < 1.29 is 19.1 Å². The summed E-state index contributed by atoms with van der Waals surface area (Å²) >= 11 is 3.39. The number of carbonyl (C=O) groups is 2. The van der Waals surface area contributed by atoms with E-state index in [1.54, 1.807) is 36.4 Å². The monoisotopic (exact) mass is 500 g/mol. The van der Waals surface area contributed by atoms with Crippen LogP contribution in [0.2, 0.25) is 0 Å². The number of ketones is 1. The molecule has 0 radical (unpaired) electrons. The number of hydrogen-bond donors (Lipinski definition) is 0. The van der Waals surface area contributed by atoms with Crippen LogP contribution in [0.5, 0.6) is 5.75 Å². The Balaban J connectivity index is 1.28. The van der Waals surface area contributed by atoms with Crippen LogP contribution in [0.4, 0.5) is 0 Å². The van der Waals surface area contributed by atoms with Crippen LogP contribution in [0.1, 0.15) is 26.3 Å². The van der Waals surface area contributed by atoms with Gasteiger partial charge in [0.1, 0.15) is 12.4 Å². The Labute approximate surface area is 200 Å². The Morgan fingerprint density at radius 1 is 0.667 bits per heavy atom. The minimum absolute atomic E-state index is 0.248. The lowest BCUT2D eigenvalue weighted by Crippen LogP contribution is -2.14. The summed E-state index contributed by atoms with van der Waals surface area (Å²) in [7, 11) is 0. The molecule has 0 heterocycles. The molecule has 0 amide bonds. The fourth-order valence-corrected chi connectivity index (χ4v) is 3.48. The lowest BCUT2D eigenvalue weighted by molar-refractivity contribution is 0.0474. The first-order valence-electron chi connectivity index (χ1n) is 10.4. The molecule has 164 valence electrons. The van der Waals surface area contributed by atoms with Gasteiger partial charge in [0.15, 0.2) is 12.4 Å². The third-order valence-electron chi connectivity index (χ3n) is 5.06. The average Bonchev–Trinajstić information content (AvgIpc) is 2.87. The standard InChI is InChI=1S/C28H21BrO4/c29-25-14-16-26(17-15-25)32-18-20-6-8-24(9-7-20)28(31)33-19-27(30)23-12-10-22(11-13-23)21-4-2-1-3-5-21/h1-17H,18-19H2. The Morgan fingerprint density at radius 3 is 1.94 bits per heavy atom.